The van der Waals surface area contributed by atoms with Crippen LogP contribution >= 0.6 is 0 Å². The lowest BCUT2D eigenvalue weighted by molar-refractivity contribution is -0.161. The molecule has 0 spiro atoms. The first kappa shape index (κ1) is 6.99. The van der Waals surface area contributed by atoms with E-state index in [0.29, 0.717) is 13.0 Å². The number of aliphatic hydroxyl groups excluding tert-OH is 1. The van der Waals surface area contributed by atoms with Crippen LogP contribution in [0.25, 0.3) is 0 Å². The van der Waals surface area contributed by atoms with Gasteiger partial charge in [-0.05, 0) is 6.42 Å². The molecule has 3 nitrogen and oxygen atoms in total. The van der Waals surface area contributed by atoms with E-state index in [1.54, 1.807) is 7.11 Å². The van der Waals surface area contributed by atoms with Crippen LogP contribution in [0.15, 0.2) is 0 Å². The van der Waals surface area contributed by atoms with Crippen LogP contribution in [0.1, 0.15) is 12.8 Å². The maximum Gasteiger partial charge on any atom is 0.154 e. The Hall–Kier alpha value is -0.120. The summed E-state index contributed by atoms with van der Waals surface area (Å²) in [6, 6.07) is 0. The van der Waals surface area contributed by atoms with Crippen molar-refractivity contribution in [2.75, 3.05) is 13.7 Å². The van der Waals surface area contributed by atoms with E-state index in [4.69, 9.17) is 14.6 Å². The first-order valence-electron chi connectivity index (χ1n) is 3.15. The Labute approximate surface area is 54.6 Å². The Balaban J connectivity index is 2.18. The van der Waals surface area contributed by atoms with Crippen LogP contribution in [0.4, 0.5) is 0 Å². The average molecular weight is 132 g/mol. The van der Waals surface area contributed by atoms with Crippen LogP contribution in [0.2, 0.25) is 0 Å². The second-order valence-corrected chi connectivity index (χ2v) is 2.22. The van der Waals surface area contributed by atoms with E-state index in [0.717, 1.165) is 6.42 Å². The number of hydrogen-bond donors (Lipinski definition) is 1. The molecule has 1 aliphatic heterocycles. The largest absolute Gasteiger partial charge is 0.379 e. The van der Waals surface area contributed by atoms with Gasteiger partial charge < -0.3 is 14.6 Å². The Bertz CT molecular complexity index is 76.4. The molecule has 0 aromatic rings. The second-order valence-electron chi connectivity index (χ2n) is 2.22. The number of ether oxygens (including phenoxy) is 2. The molecule has 1 heterocycles. The van der Waals surface area contributed by atoms with Crippen LogP contribution in [-0.2, 0) is 9.47 Å². The predicted octanol–water partition coefficient (Wildman–Crippen LogP) is 0.130. The van der Waals surface area contributed by atoms with Crippen molar-refractivity contribution in [2.24, 2.45) is 0 Å². The lowest BCUT2D eigenvalue weighted by Gasteiger charge is -2.24. The van der Waals surface area contributed by atoms with Crippen molar-refractivity contribution in [1.29, 1.82) is 0 Å². The van der Waals surface area contributed by atoms with E-state index >= 15 is 0 Å². The lowest BCUT2D eigenvalue weighted by atomic mass is 10.1. The van der Waals surface area contributed by atoms with E-state index in [1.165, 1.54) is 0 Å². The molecule has 0 aromatic carbocycles. The topological polar surface area (TPSA) is 38.7 Å². The fourth-order valence-corrected chi connectivity index (χ4v) is 0.899. The first-order valence-corrected chi connectivity index (χ1v) is 3.15. The monoisotopic (exact) mass is 132 g/mol. The Morgan fingerprint density at radius 1 is 1.56 bits per heavy atom. The number of aliphatic hydroxyl groups is 1. The highest BCUT2D eigenvalue weighted by Gasteiger charge is 2.18. The predicted molar refractivity (Wildman–Crippen MR) is 32.0 cm³/mol. The van der Waals surface area contributed by atoms with E-state index in [-0.39, 0.29) is 6.10 Å². The van der Waals surface area contributed by atoms with Crippen LogP contribution in [0, 0.1) is 0 Å². The molecule has 0 bridgehead atoms. The summed E-state index contributed by atoms with van der Waals surface area (Å²) in [5.41, 5.74) is 0. The molecular weight excluding hydrogens is 120 g/mol. The van der Waals surface area contributed by atoms with E-state index < -0.39 is 6.29 Å². The third-order valence-corrected chi connectivity index (χ3v) is 1.54. The van der Waals surface area contributed by atoms with Crippen molar-refractivity contribution in [2.45, 2.75) is 25.2 Å². The molecule has 1 fully saturated rings. The molecule has 1 N–H and O–H groups in total. The van der Waals surface area contributed by atoms with Gasteiger partial charge in [0.2, 0.25) is 0 Å². The summed E-state index contributed by atoms with van der Waals surface area (Å²) < 4.78 is 9.92. The van der Waals surface area contributed by atoms with Gasteiger partial charge in [-0.2, -0.15) is 0 Å². The minimum atomic E-state index is -0.559. The standard InChI is InChI=1S/C6H12O3/c1-8-5-2-3-6(7)9-4-5/h5-7H,2-4H2,1H3/t5-,6+/m0/s1. The molecule has 0 aromatic heterocycles. The zero-order chi connectivity index (χ0) is 6.69. The molecule has 0 radical (unpaired) electrons. The van der Waals surface area contributed by atoms with Gasteiger partial charge in [0.25, 0.3) is 0 Å². The van der Waals surface area contributed by atoms with Gasteiger partial charge in [-0.3, -0.25) is 0 Å². The van der Waals surface area contributed by atoms with Gasteiger partial charge in [0.1, 0.15) is 0 Å². The molecule has 54 valence electrons. The quantitative estimate of drug-likeness (QED) is 0.551. The fraction of sp³-hybridized carbons (Fsp3) is 1.00. The Morgan fingerprint density at radius 3 is 2.78 bits per heavy atom. The van der Waals surface area contributed by atoms with E-state index in [9.17, 15) is 0 Å². The maximum absolute atomic E-state index is 8.84. The van der Waals surface area contributed by atoms with Crippen LogP contribution in [0.3, 0.4) is 0 Å². The summed E-state index contributed by atoms with van der Waals surface area (Å²) in [7, 11) is 1.66. The smallest absolute Gasteiger partial charge is 0.154 e. The molecule has 0 aliphatic carbocycles. The summed E-state index contributed by atoms with van der Waals surface area (Å²) >= 11 is 0. The van der Waals surface area contributed by atoms with Crippen molar-refractivity contribution in [3.05, 3.63) is 0 Å². The van der Waals surface area contributed by atoms with Gasteiger partial charge in [-0.25, -0.2) is 0 Å². The summed E-state index contributed by atoms with van der Waals surface area (Å²) in [6.45, 7) is 0.525. The zero-order valence-electron chi connectivity index (χ0n) is 5.54. The van der Waals surface area contributed by atoms with Crippen molar-refractivity contribution >= 4 is 0 Å². The number of methoxy groups -OCH3 is 1. The second kappa shape index (κ2) is 3.15. The molecule has 1 aliphatic rings. The maximum atomic E-state index is 8.84. The molecule has 9 heavy (non-hydrogen) atoms. The Kier molecular flexibility index (Phi) is 2.45. The van der Waals surface area contributed by atoms with Gasteiger partial charge in [0.05, 0.1) is 12.7 Å². The average Bonchev–Trinajstić information content (AvgIpc) is 1.90. The van der Waals surface area contributed by atoms with Gasteiger partial charge in [-0.15, -0.1) is 0 Å². The normalized spacial score (nSPS) is 36.7. The summed E-state index contributed by atoms with van der Waals surface area (Å²) in [6.07, 6.45) is 1.22. The molecular formula is C6H12O3. The van der Waals surface area contributed by atoms with E-state index in [2.05, 4.69) is 0 Å². The zero-order valence-corrected chi connectivity index (χ0v) is 5.54. The number of hydrogen-bond acceptors (Lipinski definition) is 3. The summed E-state index contributed by atoms with van der Waals surface area (Å²) in [5, 5.41) is 8.84. The van der Waals surface area contributed by atoms with Crippen LogP contribution < -0.4 is 0 Å². The highest BCUT2D eigenvalue weighted by Crippen LogP contribution is 2.12. The molecule has 0 unspecified atom stereocenters. The van der Waals surface area contributed by atoms with Crippen molar-refractivity contribution in [1.82, 2.24) is 0 Å². The molecule has 0 amide bonds. The van der Waals surface area contributed by atoms with E-state index in [1.807, 2.05) is 0 Å². The highest BCUT2D eigenvalue weighted by atomic mass is 16.6. The third-order valence-electron chi connectivity index (χ3n) is 1.54. The van der Waals surface area contributed by atoms with Crippen LogP contribution in [-0.4, -0.2) is 31.2 Å². The van der Waals surface area contributed by atoms with Crippen molar-refractivity contribution < 1.29 is 14.6 Å². The van der Waals surface area contributed by atoms with Gasteiger partial charge in [-0.1, -0.05) is 0 Å². The fourth-order valence-electron chi connectivity index (χ4n) is 0.899. The van der Waals surface area contributed by atoms with Crippen molar-refractivity contribution in [3.8, 4) is 0 Å². The minimum absolute atomic E-state index is 0.188. The van der Waals surface area contributed by atoms with Gasteiger partial charge in [0, 0.05) is 13.5 Å². The molecule has 3 heteroatoms. The molecule has 1 saturated heterocycles. The van der Waals surface area contributed by atoms with Gasteiger partial charge >= 0.3 is 0 Å². The SMILES string of the molecule is CO[C@H]1CC[C@H](O)OC1. The molecule has 1 rings (SSSR count). The van der Waals surface area contributed by atoms with Crippen molar-refractivity contribution in [3.63, 3.8) is 0 Å². The minimum Gasteiger partial charge on any atom is -0.379 e. The lowest BCUT2D eigenvalue weighted by Crippen LogP contribution is -2.30. The number of rotatable bonds is 1. The third kappa shape index (κ3) is 1.93. The summed E-state index contributed by atoms with van der Waals surface area (Å²) in [4.78, 5) is 0. The Morgan fingerprint density at radius 2 is 2.33 bits per heavy atom. The van der Waals surface area contributed by atoms with Gasteiger partial charge in [0.15, 0.2) is 6.29 Å². The molecule has 2 atom stereocenters. The van der Waals surface area contributed by atoms with Crippen LogP contribution in [0.5, 0.6) is 0 Å². The first-order chi connectivity index (χ1) is 4.33. The summed E-state index contributed by atoms with van der Waals surface area (Å²) in [5.74, 6) is 0. The molecule has 0 saturated carbocycles. The highest BCUT2D eigenvalue weighted by molar-refractivity contribution is 4.62.